The van der Waals surface area contributed by atoms with Gasteiger partial charge in [-0.05, 0) is 30.8 Å². The standard InChI is InChI=1S/C9H15N3S/c1-7-4-11-12(9(7)10)5-8-2-3-13-6-8/h4,8H,2-3,5-6,10H2,1H3. The Labute approximate surface area is 82.7 Å². The zero-order valence-electron chi connectivity index (χ0n) is 7.86. The van der Waals surface area contributed by atoms with Gasteiger partial charge in [0.1, 0.15) is 5.82 Å². The smallest absolute Gasteiger partial charge is 0.124 e. The van der Waals surface area contributed by atoms with Gasteiger partial charge in [-0.2, -0.15) is 16.9 Å². The van der Waals surface area contributed by atoms with Crippen molar-refractivity contribution in [2.45, 2.75) is 19.9 Å². The van der Waals surface area contributed by atoms with Crippen LogP contribution >= 0.6 is 11.8 Å². The number of nitrogens with zero attached hydrogens (tertiary/aromatic N) is 2. The van der Waals surface area contributed by atoms with E-state index in [2.05, 4.69) is 5.10 Å². The molecule has 0 radical (unpaired) electrons. The van der Waals surface area contributed by atoms with Gasteiger partial charge in [-0.3, -0.25) is 0 Å². The fraction of sp³-hybridized carbons (Fsp3) is 0.667. The molecule has 1 atom stereocenters. The van der Waals surface area contributed by atoms with Crippen molar-refractivity contribution in [3.63, 3.8) is 0 Å². The zero-order chi connectivity index (χ0) is 9.26. The van der Waals surface area contributed by atoms with E-state index in [1.807, 2.05) is 29.6 Å². The number of aryl methyl sites for hydroxylation is 1. The molecule has 1 saturated heterocycles. The van der Waals surface area contributed by atoms with E-state index in [9.17, 15) is 0 Å². The lowest BCUT2D eigenvalue weighted by molar-refractivity contribution is 0.464. The summed E-state index contributed by atoms with van der Waals surface area (Å²) in [6.45, 7) is 2.99. The van der Waals surface area contributed by atoms with Gasteiger partial charge in [0.05, 0.1) is 6.20 Å². The normalized spacial score (nSPS) is 22.4. The first-order valence-electron chi connectivity index (χ1n) is 4.63. The Hall–Kier alpha value is -0.640. The molecule has 3 nitrogen and oxygen atoms in total. The summed E-state index contributed by atoms with van der Waals surface area (Å²) in [5.74, 6) is 4.16. The Bertz CT molecular complexity index is 289. The van der Waals surface area contributed by atoms with Crippen LogP contribution in [0.25, 0.3) is 0 Å². The van der Waals surface area contributed by atoms with E-state index in [1.165, 1.54) is 17.9 Å². The van der Waals surface area contributed by atoms with Crippen molar-refractivity contribution in [2.24, 2.45) is 5.92 Å². The molecule has 4 heteroatoms. The van der Waals surface area contributed by atoms with Crippen molar-refractivity contribution in [3.8, 4) is 0 Å². The first kappa shape index (κ1) is 8.94. The first-order valence-corrected chi connectivity index (χ1v) is 5.78. The number of anilines is 1. The first-order chi connectivity index (χ1) is 6.27. The summed E-state index contributed by atoms with van der Waals surface area (Å²) in [6, 6.07) is 0. The highest BCUT2D eigenvalue weighted by molar-refractivity contribution is 7.99. The summed E-state index contributed by atoms with van der Waals surface area (Å²) in [6.07, 6.45) is 3.15. The molecule has 2 N–H and O–H groups in total. The SMILES string of the molecule is Cc1cnn(CC2CCSC2)c1N. The van der Waals surface area contributed by atoms with Crippen LogP contribution in [-0.2, 0) is 6.54 Å². The molecule has 0 amide bonds. The molecule has 0 bridgehead atoms. The monoisotopic (exact) mass is 197 g/mol. The molecule has 72 valence electrons. The van der Waals surface area contributed by atoms with Crippen molar-refractivity contribution in [1.82, 2.24) is 9.78 Å². The van der Waals surface area contributed by atoms with Gasteiger partial charge in [0.25, 0.3) is 0 Å². The molecule has 1 aliphatic heterocycles. The van der Waals surface area contributed by atoms with Gasteiger partial charge in [-0.1, -0.05) is 0 Å². The molecule has 0 saturated carbocycles. The maximum atomic E-state index is 5.87. The van der Waals surface area contributed by atoms with Crippen molar-refractivity contribution in [1.29, 1.82) is 0 Å². The number of thioether (sulfide) groups is 1. The summed E-state index contributed by atoms with van der Waals surface area (Å²) in [4.78, 5) is 0. The second-order valence-electron chi connectivity index (χ2n) is 3.62. The minimum Gasteiger partial charge on any atom is -0.384 e. The highest BCUT2D eigenvalue weighted by Crippen LogP contribution is 2.25. The Kier molecular flexibility index (Phi) is 2.49. The number of aromatic nitrogens is 2. The summed E-state index contributed by atoms with van der Waals surface area (Å²) in [7, 11) is 0. The van der Waals surface area contributed by atoms with Crippen LogP contribution in [0, 0.1) is 12.8 Å². The highest BCUT2D eigenvalue weighted by Gasteiger charge is 2.17. The minimum absolute atomic E-state index is 0.770. The third-order valence-electron chi connectivity index (χ3n) is 2.53. The van der Waals surface area contributed by atoms with Crippen molar-refractivity contribution in [2.75, 3.05) is 17.2 Å². The Morgan fingerprint density at radius 1 is 1.77 bits per heavy atom. The van der Waals surface area contributed by atoms with Crippen LogP contribution in [0.3, 0.4) is 0 Å². The summed E-state index contributed by atoms with van der Waals surface area (Å²) < 4.78 is 1.94. The quantitative estimate of drug-likeness (QED) is 0.782. The fourth-order valence-corrected chi connectivity index (χ4v) is 2.88. The number of nitrogen functional groups attached to an aromatic ring is 1. The second-order valence-corrected chi connectivity index (χ2v) is 4.77. The summed E-state index contributed by atoms with van der Waals surface area (Å²) in [5.41, 5.74) is 6.96. The molecule has 0 spiro atoms. The van der Waals surface area contributed by atoms with E-state index in [0.717, 1.165) is 23.8 Å². The van der Waals surface area contributed by atoms with E-state index in [1.54, 1.807) is 0 Å². The van der Waals surface area contributed by atoms with E-state index in [0.29, 0.717) is 0 Å². The van der Waals surface area contributed by atoms with E-state index in [4.69, 9.17) is 5.73 Å². The predicted octanol–water partition coefficient (Wildman–Crippen LogP) is 1.53. The molecule has 1 unspecified atom stereocenters. The van der Waals surface area contributed by atoms with Crippen molar-refractivity contribution >= 4 is 17.6 Å². The van der Waals surface area contributed by atoms with Crippen molar-refractivity contribution in [3.05, 3.63) is 11.8 Å². The van der Waals surface area contributed by atoms with Gasteiger partial charge in [0, 0.05) is 12.1 Å². The lowest BCUT2D eigenvalue weighted by Gasteiger charge is -2.09. The van der Waals surface area contributed by atoms with Crippen LogP contribution < -0.4 is 5.73 Å². The fourth-order valence-electron chi connectivity index (χ4n) is 1.61. The van der Waals surface area contributed by atoms with E-state index >= 15 is 0 Å². The molecule has 2 rings (SSSR count). The van der Waals surface area contributed by atoms with Gasteiger partial charge in [0.2, 0.25) is 0 Å². The number of hydrogen-bond donors (Lipinski definition) is 1. The predicted molar refractivity (Wildman–Crippen MR) is 56.8 cm³/mol. The van der Waals surface area contributed by atoms with Crippen LogP contribution in [0.4, 0.5) is 5.82 Å². The lowest BCUT2D eigenvalue weighted by atomic mass is 10.1. The molecule has 1 aliphatic rings. The van der Waals surface area contributed by atoms with E-state index < -0.39 is 0 Å². The van der Waals surface area contributed by atoms with Crippen LogP contribution in [0.2, 0.25) is 0 Å². The maximum Gasteiger partial charge on any atom is 0.124 e. The summed E-state index contributed by atoms with van der Waals surface area (Å²) in [5, 5.41) is 4.26. The molecule has 1 fully saturated rings. The van der Waals surface area contributed by atoms with Gasteiger partial charge in [0.15, 0.2) is 0 Å². The Morgan fingerprint density at radius 2 is 2.62 bits per heavy atom. The molecule has 2 heterocycles. The van der Waals surface area contributed by atoms with Crippen LogP contribution in [0.5, 0.6) is 0 Å². The minimum atomic E-state index is 0.770. The third kappa shape index (κ3) is 1.82. The summed E-state index contributed by atoms with van der Waals surface area (Å²) >= 11 is 2.03. The Balaban J connectivity index is 2.04. The van der Waals surface area contributed by atoms with E-state index in [-0.39, 0.29) is 0 Å². The lowest BCUT2D eigenvalue weighted by Crippen LogP contribution is -2.13. The second kappa shape index (κ2) is 3.62. The molecular formula is C9H15N3S. The molecule has 1 aromatic heterocycles. The van der Waals surface area contributed by atoms with Gasteiger partial charge in [-0.25, -0.2) is 4.68 Å². The number of hydrogen-bond acceptors (Lipinski definition) is 3. The maximum absolute atomic E-state index is 5.87. The average Bonchev–Trinajstić information content (AvgIpc) is 2.71. The van der Waals surface area contributed by atoms with Gasteiger partial charge < -0.3 is 5.73 Å². The molecule has 0 aliphatic carbocycles. The van der Waals surface area contributed by atoms with Crippen LogP contribution in [-0.4, -0.2) is 21.3 Å². The van der Waals surface area contributed by atoms with Gasteiger partial charge >= 0.3 is 0 Å². The molecule has 13 heavy (non-hydrogen) atoms. The highest BCUT2D eigenvalue weighted by atomic mass is 32.2. The van der Waals surface area contributed by atoms with Gasteiger partial charge in [-0.15, -0.1) is 0 Å². The molecular weight excluding hydrogens is 182 g/mol. The van der Waals surface area contributed by atoms with Crippen molar-refractivity contribution < 1.29 is 0 Å². The topological polar surface area (TPSA) is 43.8 Å². The molecule has 1 aromatic rings. The third-order valence-corrected chi connectivity index (χ3v) is 3.76. The number of rotatable bonds is 2. The van der Waals surface area contributed by atoms with Crippen LogP contribution in [0.15, 0.2) is 6.20 Å². The number of nitrogens with two attached hydrogens (primary N) is 1. The largest absolute Gasteiger partial charge is 0.384 e. The zero-order valence-corrected chi connectivity index (χ0v) is 8.68. The average molecular weight is 197 g/mol. The van der Waals surface area contributed by atoms with Crippen LogP contribution in [0.1, 0.15) is 12.0 Å². The Morgan fingerprint density at radius 3 is 3.15 bits per heavy atom. The molecule has 0 aromatic carbocycles.